The Morgan fingerprint density at radius 2 is 1.89 bits per heavy atom. The molecule has 1 unspecified atom stereocenters. The molecule has 5 heteroatoms. The van der Waals surface area contributed by atoms with Gasteiger partial charge in [-0.3, -0.25) is 4.79 Å². The van der Waals surface area contributed by atoms with Gasteiger partial charge < -0.3 is 9.42 Å². The number of unbranched alkanes of at least 4 members (excludes halogenated alkanes) is 1. The molecule has 1 amide bonds. The summed E-state index contributed by atoms with van der Waals surface area (Å²) >= 11 is 0. The fourth-order valence-electron chi connectivity index (χ4n) is 3.45. The van der Waals surface area contributed by atoms with Crippen molar-refractivity contribution >= 4 is 11.6 Å². The van der Waals surface area contributed by atoms with Crippen LogP contribution in [0, 0.1) is 0 Å². The molecule has 1 aromatic heterocycles. The second-order valence-electron chi connectivity index (χ2n) is 7.00. The molecule has 1 fully saturated rings. The summed E-state index contributed by atoms with van der Waals surface area (Å²) in [7, 11) is 0. The molecule has 0 saturated carbocycles. The number of carbonyl (C=O) groups excluding carboxylic acids is 1. The monoisotopic (exact) mass is 361 g/mol. The summed E-state index contributed by atoms with van der Waals surface area (Å²) in [4.78, 5) is 18.9. The van der Waals surface area contributed by atoms with Gasteiger partial charge in [0.25, 0.3) is 0 Å². The van der Waals surface area contributed by atoms with Gasteiger partial charge in [0.2, 0.25) is 17.6 Å². The van der Waals surface area contributed by atoms with Crippen LogP contribution in [0.25, 0.3) is 11.4 Å². The highest BCUT2D eigenvalue weighted by molar-refractivity contribution is 5.96. The van der Waals surface area contributed by atoms with E-state index in [1.165, 1.54) is 18.4 Å². The minimum Gasteiger partial charge on any atom is -0.339 e. The van der Waals surface area contributed by atoms with Crippen LogP contribution >= 0.6 is 0 Å². The predicted molar refractivity (Wildman–Crippen MR) is 104 cm³/mol. The molecule has 0 N–H and O–H groups in total. The lowest BCUT2D eigenvalue weighted by Crippen LogP contribution is -2.24. The maximum atomic E-state index is 12.5. The van der Waals surface area contributed by atoms with Crippen molar-refractivity contribution in [3.05, 3.63) is 66.1 Å². The molecule has 1 atom stereocenters. The molecule has 2 heterocycles. The zero-order chi connectivity index (χ0) is 18.6. The van der Waals surface area contributed by atoms with Crippen molar-refractivity contribution in [2.45, 2.75) is 38.5 Å². The predicted octanol–water partition coefficient (Wildman–Crippen LogP) is 4.60. The van der Waals surface area contributed by atoms with Crippen LogP contribution < -0.4 is 4.90 Å². The fourth-order valence-corrected chi connectivity index (χ4v) is 3.45. The van der Waals surface area contributed by atoms with Gasteiger partial charge in [-0.1, -0.05) is 61.0 Å². The molecule has 3 aromatic rings. The van der Waals surface area contributed by atoms with Crippen molar-refractivity contribution in [3.63, 3.8) is 0 Å². The summed E-state index contributed by atoms with van der Waals surface area (Å²) in [5, 5.41) is 4.08. The van der Waals surface area contributed by atoms with Crippen molar-refractivity contribution < 1.29 is 9.32 Å². The molecule has 1 saturated heterocycles. The number of rotatable bonds is 6. The van der Waals surface area contributed by atoms with E-state index in [4.69, 9.17) is 4.52 Å². The number of anilines is 1. The second kappa shape index (κ2) is 7.74. The van der Waals surface area contributed by atoms with E-state index >= 15 is 0 Å². The number of benzene rings is 2. The molecule has 0 spiro atoms. The van der Waals surface area contributed by atoms with E-state index in [1.54, 1.807) is 0 Å². The second-order valence-corrected chi connectivity index (χ2v) is 7.00. The standard InChI is InChI=1S/C22H23N3O2/c1-2-3-7-16-10-12-19(13-11-16)25-15-18(14-20(25)26)22-23-21(24-27-22)17-8-5-4-6-9-17/h4-6,8-13,18H,2-3,7,14-15H2,1H3. The summed E-state index contributed by atoms with van der Waals surface area (Å²) < 4.78 is 5.46. The molecule has 5 nitrogen and oxygen atoms in total. The minimum atomic E-state index is -0.0674. The lowest BCUT2D eigenvalue weighted by Gasteiger charge is -2.16. The molecular weight excluding hydrogens is 338 g/mol. The fraction of sp³-hybridized carbons (Fsp3) is 0.318. The molecule has 1 aliphatic heterocycles. The summed E-state index contributed by atoms with van der Waals surface area (Å²) in [5.74, 6) is 1.13. The smallest absolute Gasteiger partial charge is 0.232 e. The topological polar surface area (TPSA) is 59.2 Å². The maximum Gasteiger partial charge on any atom is 0.232 e. The molecule has 1 aliphatic rings. The quantitative estimate of drug-likeness (QED) is 0.644. The van der Waals surface area contributed by atoms with E-state index in [2.05, 4.69) is 29.2 Å². The average Bonchev–Trinajstić information content (AvgIpc) is 3.34. The molecule has 138 valence electrons. The van der Waals surface area contributed by atoms with Gasteiger partial charge in [-0.15, -0.1) is 0 Å². The van der Waals surface area contributed by atoms with Crippen LogP contribution in [0.4, 0.5) is 5.69 Å². The highest BCUT2D eigenvalue weighted by Gasteiger charge is 2.35. The normalized spacial score (nSPS) is 16.9. The summed E-state index contributed by atoms with van der Waals surface area (Å²) in [6, 6.07) is 18.0. The number of aryl methyl sites for hydroxylation is 1. The summed E-state index contributed by atoms with van der Waals surface area (Å²) in [6.07, 6.45) is 3.85. The SMILES string of the molecule is CCCCc1ccc(N2CC(c3nc(-c4ccccc4)no3)CC2=O)cc1. The molecule has 4 rings (SSSR count). The van der Waals surface area contributed by atoms with Crippen LogP contribution in [0.2, 0.25) is 0 Å². The number of hydrogen-bond acceptors (Lipinski definition) is 4. The first-order valence-corrected chi connectivity index (χ1v) is 9.53. The summed E-state index contributed by atoms with van der Waals surface area (Å²) in [5.41, 5.74) is 3.16. The van der Waals surface area contributed by atoms with Gasteiger partial charge >= 0.3 is 0 Å². The minimum absolute atomic E-state index is 0.0674. The highest BCUT2D eigenvalue weighted by Crippen LogP contribution is 2.32. The number of hydrogen-bond donors (Lipinski definition) is 0. The number of nitrogens with zero attached hydrogens (tertiary/aromatic N) is 3. The van der Waals surface area contributed by atoms with Crippen LogP contribution in [-0.2, 0) is 11.2 Å². The van der Waals surface area contributed by atoms with E-state index in [0.717, 1.165) is 17.7 Å². The highest BCUT2D eigenvalue weighted by atomic mass is 16.5. The van der Waals surface area contributed by atoms with E-state index in [0.29, 0.717) is 24.7 Å². The molecular formula is C22H23N3O2. The Morgan fingerprint density at radius 1 is 1.11 bits per heavy atom. The molecule has 0 radical (unpaired) electrons. The maximum absolute atomic E-state index is 12.5. The van der Waals surface area contributed by atoms with Gasteiger partial charge in [-0.2, -0.15) is 4.98 Å². The lowest BCUT2D eigenvalue weighted by molar-refractivity contribution is -0.117. The van der Waals surface area contributed by atoms with Gasteiger partial charge in [0.15, 0.2) is 0 Å². The van der Waals surface area contributed by atoms with E-state index in [1.807, 2.05) is 47.4 Å². The van der Waals surface area contributed by atoms with Crippen LogP contribution in [0.15, 0.2) is 59.1 Å². The average molecular weight is 361 g/mol. The van der Waals surface area contributed by atoms with Crippen molar-refractivity contribution in [1.82, 2.24) is 10.1 Å². The third kappa shape index (κ3) is 3.77. The zero-order valence-electron chi connectivity index (χ0n) is 15.5. The van der Waals surface area contributed by atoms with Gasteiger partial charge in [0.05, 0.1) is 5.92 Å². The van der Waals surface area contributed by atoms with Gasteiger partial charge in [0, 0.05) is 24.2 Å². The van der Waals surface area contributed by atoms with E-state index in [9.17, 15) is 4.79 Å². The van der Waals surface area contributed by atoms with Crippen molar-refractivity contribution in [2.24, 2.45) is 0 Å². The van der Waals surface area contributed by atoms with Crippen LogP contribution in [-0.4, -0.2) is 22.6 Å². The number of aromatic nitrogens is 2. The van der Waals surface area contributed by atoms with E-state index in [-0.39, 0.29) is 11.8 Å². The van der Waals surface area contributed by atoms with Crippen LogP contribution in [0.3, 0.4) is 0 Å². The Labute approximate surface area is 159 Å². The van der Waals surface area contributed by atoms with Gasteiger partial charge in [-0.05, 0) is 30.5 Å². The Hall–Kier alpha value is -2.95. The number of amides is 1. The summed E-state index contributed by atoms with van der Waals surface area (Å²) in [6.45, 7) is 2.77. The van der Waals surface area contributed by atoms with Gasteiger partial charge in [0.1, 0.15) is 0 Å². The first-order valence-electron chi connectivity index (χ1n) is 9.53. The third-order valence-corrected chi connectivity index (χ3v) is 5.02. The Balaban J connectivity index is 1.47. The number of carbonyl (C=O) groups is 1. The van der Waals surface area contributed by atoms with Crippen molar-refractivity contribution in [3.8, 4) is 11.4 Å². The third-order valence-electron chi connectivity index (χ3n) is 5.02. The molecule has 27 heavy (non-hydrogen) atoms. The van der Waals surface area contributed by atoms with Crippen molar-refractivity contribution in [1.29, 1.82) is 0 Å². The van der Waals surface area contributed by atoms with Crippen LogP contribution in [0.5, 0.6) is 0 Å². The molecule has 0 aliphatic carbocycles. The largest absolute Gasteiger partial charge is 0.339 e. The lowest BCUT2D eigenvalue weighted by atomic mass is 10.1. The Kier molecular flexibility index (Phi) is 5.01. The first-order chi connectivity index (χ1) is 13.2. The van der Waals surface area contributed by atoms with E-state index < -0.39 is 0 Å². The first kappa shape index (κ1) is 17.5. The van der Waals surface area contributed by atoms with Crippen LogP contribution in [0.1, 0.15) is 43.6 Å². The Bertz CT molecular complexity index is 903. The van der Waals surface area contributed by atoms with Crippen molar-refractivity contribution in [2.75, 3.05) is 11.4 Å². The van der Waals surface area contributed by atoms with Gasteiger partial charge in [-0.25, -0.2) is 0 Å². The Morgan fingerprint density at radius 3 is 2.63 bits per heavy atom. The zero-order valence-corrected chi connectivity index (χ0v) is 15.5. The molecule has 0 bridgehead atoms. The molecule has 2 aromatic carbocycles.